The van der Waals surface area contributed by atoms with Crippen molar-refractivity contribution >= 4 is 23.7 Å². The van der Waals surface area contributed by atoms with E-state index in [1.807, 2.05) is 6.07 Å². The predicted molar refractivity (Wildman–Crippen MR) is 75.2 cm³/mol. The molecule has 6 heteroatoms. The number of hydrogen-bond donors (Lipinski definition) is 0. The Hall–Kier alpha value is -3.02. The van der Waals surface area contributed by atoms with Gasteiger partial charge in [0.15, 0.2) is 5.82 Å². The van der Waals surface area contributed by atoms with Gasteiger partial charge >= 0.3 is 0 Å². The van der Waals surface area contributed by atoms with E-state index in [1.165, 1.54) is 17.4 Å². The van der Waals surface area contributed by atoms with E-state index in [9.17, 15) is 9.59 Å². The number of hydrogen-bond acceptors (Lipinski definition) is 5. The van der Waals surface area contributed by atoms with Crippen LogP contribution in [0.3, 0.4) is 0 Å². The molecule has 0 spiro atoms. The molecule has 0 saturated carbocycles. The quantitative estimate of drug-likeness (QED) is 0.542. The molecule has 0 unspecified atom stereocenters. The molecule has 0 atom stereocenters. The van der Waals surface area contributed by atoms with Crippen molar-refractivity contribution in [3.8, 4) is 11.3 Å². The highest BCUT2D eigenvalue weighted by Gasteiger charge is 2.25. The van der Waals surface area contributed by atoms with Crippen molar-refractivity contribution in [3.05, 3.63) is 48.9 Å². The summed E-state index contributed by atoms with van der Waals surface area (Å²) in [6, 6.07) is 10.7. The molecular weight excluding hydrogens is 270 g/mol. The van der Waals surface area contributed by atoms with Crippen molar-refractivity contribution < 1.29 is 14.0 Å². The summed E-state index contributed by atoms with van der Waals surface area (Å²) in [7, 11) is 0. The smallest absolute Gasteiger partial charge is 0.239 e. The first kappa shape index (κ1) is 13.0. The minimum Gasteiger partial charge on any atom is -0.472 e. The normalized spacial score (nSPS) is 10.5. The Bertz CT molecular complexity index is 739. The summed E-state index contributed by atoms with van der Waals surface area (Å²) in [5, 5.41) is 8.07. The third-order valence-corrected chi connectivity index (χ3v) is 2.99. The third kappa shape index (κ3) is 2.38. The first-order chi connectivity index (χ1) is 10.3. The fourth-order valence-electron chi connectivity index (χ4n) is 2.06. The van der Waals surface area contributed by atoms with Crippen LogP contribution in [0.15, 0.2) is 53.3 Å². The van der Waals surface area contributed by atoms with Crippen LogP contribution in [0.5, 0.6) is 0 Å². The highest BCUT2D eigenvalue weighted by Crippen LogP contribution is 2.34. The van der Waals surface area contributed by atoms with E-state index in [2.05, 4.69) is 10.2 Å². The van der Waals surface area contributed by atoms with Crippen molar-refractivity contribution in [3.63, 3.8) is 0 Å². The third-order valence-electron chi connectivity index (χ3n) is 2.99. The molecule has 6 nitrogen and oxygen atoms in total. The van der Waals surface area contributed by atoms with Gasteiger partial charge in [-0.3, -0.25) is 9.69 Å². The van der Waals surface area contributed by atoms with Crippen LogP contribution in [0.1, 0.15) is 6.42 Å². The maximum absolute atomic E-state index is 12.3. The molecule has 0 aliphatic carbocycles. The average molecular weight is 281 g/mol. The molecule has 1 aromatic rings. The van der Waals surface area contributed by atoms with Gasteiger partial charge in [0.25, 0.3) is 0 Å². The molecule has 3 rings (SSSR count). The summed E-state index contributed by atoms with van der Waals surface area (Å²) in [5.41, 5.74) is 1.85. The lowest BCUT2D eigenvalue weighted by molar-refractivity contribution is -0.121. The number of aldehydes is 1. The Morgan fingerprint density at radius 1 is 1.19 bits per heavy atom. The number of benzene rings is 1. The minimum atomic E-state index is -0.373. The molecule has 0 N–H and O–H groups in total. The summed E-state index contributed by atoms with van der Waals surface area (Å²) in [5.74, 6) is -0.0192. The van der Waals surface area contributed by atoms with Crippen LogP contribution in [0.2, 0.25) is 0 Å². The van der Waals surface area contributed by atoms with Gasteiger partial charge in [0.05, 0.1) is 23.9 Å². The second-order valence-electron chi connectivity index (χ2n) is 4.31. The standard InChI is InChI=1S/C15H11N3O3/c19-8-6-14(20)18(11-4-2-1-3-5-11)15-12-10-21-9-7-13(12)16-17-15/h1-5,7-10H,6H2. The molecule has 2 aliphatic heterocycles. The van der Waals surface area contributed by atoms with Gasteiger partial charge in [-0.15, -0.1) is 10.2 Å². The summed E-state index contributed by atoms with van der Waals surface area (Å²) >= 11 is 0. The number of aromatic nitrogens is 2. The molecule has 0 radical (unpaired) electrons. The lowest BCUT2D eigenvalue weighted by Gasteiger charge is -2.20. The number of carbonyl (C=O) groups excluding carboxylic acids is 2. The molecule has 0 aromatic heterocycles. The van der Waals surface area contributed by atoms with Gasteiger partial charge in [-0.1, -0.05) is 18.2 Å². The molecule has 1 aromatic carbocycles. The minimum absolute atomic E-state index is 0.229. The van der Waals surface area contributed by atoms with Crippen molar-refractivity contribution in [2.24, 2.45) is 0 Å². The van der Waals surface area contributed by atoms with Crippen LogP contribution < -0.4 is 4.90 Å². The Kier molecular flexibility index (Phi) is 3.42. The second kappa shape index (κ2) is 5.54. The van der Waals surface area contributed by atoms with Crippen LogP contribution in [0, 0.1) is 0 Å². The number of anilines is 2. The number of rotatable bonds is 4. The number of carbonyl (C=O) groups is 2. The maximum Gasteiger partial charge on any atom is 0.239 e. The van der Waals surface area contributed by atoms with Crippen molar-refractivity contribution in [1.82, 2.24) is 10.2 Å². The van der Waals surface area contributed by atoms with Crippen molar-refractivity contribution in [2.75, 3.05) is 4.90 Å². The Balaban J connectivity index is 2.11. The van der Waals surface area contributed by atoms with E-state index in [4.69, 9.17) is 4.42 Å². The zero-order valence-electron chi connectivity index (χ0n) is 11.0. The van der Waals surface area contributed by atoms with Crippen LogP contribution in [0.4, 0.5) is 11.5 Å². The Morgan fingerprint density at radius 2 is 2.00 bits per heavy atom. The van der Waals surface area contributed by atoms with Gasteiger partial charge in [0.1, 0.15) is 18.2 Å². The molecule has 1 amide bonds. The SMILES string of the molecule is O=CCC(=O)N(c1ccccc1)c1nnc2ccocc1-2. The largest absolute Gasteiger partial charge is 0.472 e. The zero-order valence-corrected chi connectivity index (χ0v) is 11.0. The topological polar surface area (TPSA) is 76.3 Å². The monoisotopic (exact) mass is 281 g/mol. The molecule has 2 heterocycles. The number of nitrogens with zero attached hydrogens (tertiary/aromatic N) is 3. The maximum atomic E-state index is 12.3. The molecule has 21 heavy (non-hydrogen) atoms. The average Bonchev–Trinajstić information content (AvgIpc) is 2.93. The lowest BCUT2D eigenvalue weighted by Crippen LogP contribution is -2.26. The van der Waals surface area contributed by atoms with Gasteiger partial charge in [-0.2, -0.15) is 0 Å². The van der Waals surface area contributed by atoms with Crippen LogP contribution >= 0.6 is 0 Å². The van der Waals surface area contributed by atoms with Gasteiger partial charge in [0, 0.05) is 6.07 Å². The van der Waals surface area contributed by atoms with Crippen molar-refractivity contribution in [1.29, 1.82) is 0 Å². The van der Waals surface area contributed by atoms with Gasteiger partial charge < -0.3 is 9.21 Å². The Labute approximate surface area is 120 Å². The number of amides is 1. The van der Waals surface area contributed by atoms with Crippen molar-refractivity contribution in [2.45, 2.75) is 6.42 Å². The first-order valence-corrected chi connectivity index (χ1v) is 6.31. The fourth-order valence-corrected chi connectivity index (χ4v) is 2.06. The Morgan fingerprint density at radius 3 is 2.76 bits per heavy atom. The van der Waals surface area contributed by atoms with Gasteiger partial charge in [-0.05, 0) is 12.1 Å². The van der Waals surface area contributed by atoms with Gasteiger partial charge in [0.2, 0.25) is 5.91 Å². The van der Waals surface area contributed by atoms with E-state index in [-0.39, 0.29) is 12.3 Å². The van der Waals surface area contributed by atoms with E-state index in [0.717, 1.165) is 0 Å². The van der Waals surface area contributed by atoms with Gasteiger partial charge in [-0.25, -0.2) is 0 Å². The first-order valence-electron chi connectivity index (χ1n) is 6.31. The molecular formula is C15H11N3O3. The zero-order chi connectivity index (χ0) is 14.7. The number of fused-ring (bicyclic) bond motifs is 1. The molecule has 0 bridgehead atoms. The highest BCUT2D eigenvalue weighted by atomic mass is 16.3. The van der Waals surface area contributed by atoms with Crippen LogP contribution in [-0.4, -0.2) is 22.4 Å². The fraction of sp³-hybridized carbons (Fsp3) is 0.0667. The molecule has 0 fully saturated rings. The van der Waals surface area contributed by atoms with E-state index >= 15 is 0 Å². The van der Waals surface area contributed by atoms with E-state index in [0.29, 0.717) is 29.0 Å². The summed E-state index contributed by atoms with van der Waals surface area (Å²) in [6.45, 7) is 0. The predicted octanol–water partition coefficient (Wildman–Crippen LogP) is 2.43. The molecule has 104 valence electrons. The molecule has 2 aliphatic rings. The summed E-state index contributed by atoms with van der Waals surface area (Å²) in [4.78, 5) is 24.3. The number of para-hydroxylation sites is 1. The van der Waals surface area contributed by atoms with E-state index in [1.54, 1.807) is 30.3 Å². The lowest BCUT2D eigenvalue weighted by atomic mass is 10.2. The summed E-state index contributed by atoms with van der Waals surface area (Å²) < 4.78 is 5.13. The second-order valence-corrected chi connectivity index (χ2v) is 4.31. The van der Waals surface area contributed by atoms with Crippen LogP contribution in [0.25, 0.3) is 11.3 Å². The van der Waals surface area contributed by atoms with E-state index < -0.39 is 0 Å². The highest BCUT2D eigenvalue weighted by molar-refractivity contribution is 6.06. The van der Waals surface area contributed by atoms with Crippen LogP contribution in [-0.2, 0) is 9.59 Å². The summed E-state index contributed by atoms with van der Waals surface area (Å²) in [6.07, 6.45) is 3.31. The molecule has 0 saturated heterocycles.